The Morgan fingerprint density at radius 2 is 1.96 bits per heavy atom. The van der Waals surface area contributed by atoms with Crippen LogP contribution in [0, 0.1) is 11.8 Å². The molecule has 1 aromatic carbocycles. The average Bonchev–Trinajstić information content (AvgIpc) is 3.43. The summed E-state index contributed by atoms with van der Waals surface area (Å²) in [7, 11) is 0. The fourth-order valence-corrected chi connectivity index (χ4v) is 4.55. The molecule has 3 N–H and O–H groups in total. The molecule has 0 amide bonds. The Labute approximate surface area is 150 Å². The molecule has 0 spiro atoms. The van der Waals surface area contributed by atoms with Crippen LogP contribution in [0.3, 0.4) is 0 Å². The molecule has 4 rings (SSSR count). The number of hydrogen-bond donors (Lipinski definition) is 2. The lowest BCUT2D eigenvalue weighted by atomic mass is 9.80. The summed E-state index contributed by atoms with van der Waals surface area (Å²) in [5.41, 5.74) is 8.79. The fourth-order valence-electron chi connectivity index (χ4n) is 4.55. The lowest BCUT2D eigenvalue weighted by Crippen LogP contribution is -2.53. The van der Waals surface area contributed by atoms with Gasteiger partial charge in [-0.2, -0.15) is 0 Å². The first-order chi connectivity index (χ1) is 12.1. The molecule has 1 saturated heterocycles. The van der Waals surface area contributed by atoms with Crippen molar-refractivity contribution in [1.29, 1.82) is 0 Å². The largest absolute Gasteiger partial charge is 0.490 e. The zero-order valence-corrected chi connectivity index (χ0v) is 15.2. The summed E-state index contributed by atoms with van der Waals surface area (Å²) in [4.78, 5) is 2.18. The molecule has 4 atom stereocenters. The second-order valence-corrected chi connectivity index (χ2v) is 7.90. The van der Waals surface area contributed by atoms with Gasteiger partial charge in [0.05, 0.1) is 13.2 Å². The van der Waals surface area contributed by atoms with Gasteiger partial charge in [0.15, 0.2) is 0 Å². The van der Waals surface area contributed by atoms with Gasteiger partial charge in [-0.1, -0.05) is 6.92 Å². The molecule has 1 saturated carbocycles. The van der Waals surface area contributed by atoms with Crippen molar-refractivity contribution >= 4 is 5.69 Å². The van der Waals surface area contributed by atoms with E-state index in [0.29, 0.717) is 17.9 Å². The Kier molecular flexibility index (Phi) is 4.65. The van der Waals surface area contributed by atoms with E-state index in [0.717, 1.165) is 43.1 Å². The van der Waals surface area contributed by atoms with Crippen molar-refractivity contribution in [2.75, 3.05) is 18.1 Å². The van der Waals surface area contributed by atoms with E-state index in [2.05, 4.69) is 24.0 Å². The van der Waals surface area contributed by atoms with Crippen LogP contribution in [0.2, 0.25) is 0 Å². The molecular weight excluding hydrogens is 316 g/mol. The first-order valence-electron chi connectivity index (χ1n) is 9.66. The maximum absolute atomic E-state index is 10.4. The van der Waals surface area contributed by atoms with Gasteiger partial charge in [-0.15, -0.1) is 0 Å². The van der Waals surface area contributed by atoms with Crippen molar-refractivity contribution in [2.45, 2.75) is 63.9 Å². The molecule has 1 aliphatic carbocycles. The van der Waals surface area contributed by atoms with Gasteiger partial charge in [0.2, 0.25) is 0 Å². The Bertz CT molecular complexity index is 611. The van der Waals surface area contributed by atoms with Crippen molar-refractivity contribution in [3.63, 3.8) is 0 Å². The monoisotopic (exact) mass is 346 g/mol. The maximum Gasteiger partial charge on any atom is 0.124 e. The predicted octanol–water partition coefficient (Wildman–Crippen LogP) is 2.82. The molecule has 25 heavy (non-hydrogen) atoms. The minimum Gasteiger partial charge on any atom is -0.490 e. The van der Waals surface area contributed by atoms with E-state index in [-0.39, 0.29) is 12.1 Å². The third kappa shape index (κ3) is 3.25. The summed E-state index contributed by atoms with van der Waals surface area (Å²) in [6, 6.07) is 6.50. The fraction of sp³-hybridized carbons (Fsp3) is 0.700. The van der Waals surface area contributed by atoms with Gasteiger partial charge >= 0.3 is 0 Å². The molecule has 0 bridgehead atoms. The number of fused-ring (bicyclic) bond motifs is 1. The highest BCUT2D eigenvalue weighted by atomic mass is 16.5. The van der Waals surface area contributed by atoms with Crippen molar-refractivity contribution in [2.24, 2.45) is 17.6 Å². The van der Waals surface area contributed by atoms with E-state index in [1.807, 2.05) is 13.0 Å². The summed E-state index contributed by atoms with van der Waals surface area (Å²) >= 11 is 0. The summed E-state index contributed by atoms with van der Waals surface area (Å²) < 4.78 is 11.6. The van der Waals surface area contributed by atoms with Crippen LogP contribution in [0.25, 0.3) is 0 Å². The molecule has 2 aliphatic heterocycles. The van der Waals surface area contributed by atoms with Gasteiger partial charge in [-0.05, 0) is 55.4 Å². The smallest absolute Gasteiger partial charge is 0.124 e. The second-order valence-electron chi connectivity index (χ2n) is 7.90. The normalized spacial score (nSPS) is 31.5. The van der Waals surface area contributed by atoms with Gasteiger partial charge < -0.3 is 25.2 Å². The third-order valence-corrected chi connectivity index (χ3v) is 6.04. The lowest BCUT2D eigenvalue weighted by Gasteiger charge is -2.47. The molecule has 0 radical (unpaired) electrons. The third-order valence-electron chi connectivity index (χ3n) is 6.04. The Morgan fingerprint density at radius 3 is 2.60 bits per heavy atom. The molecule has 1 unspecified atom stereocenters. The standard InChI is InChI=1S/C20H30N2O3/c1-12-19(21)17-11-16(25-15-7-9-24-10-8-15)5-6-18(17)22(13(2)23)20(12)14-3-4-14/h5-6,11-15,19-20,23H,3-4,7-10,21H2,1-2H3/t12-,13?,19-,20-/m1/s1. The second kappa shape index (κ2) is 6.78. The van der Waals surface area contributed by atoms with Crippen LogP contribution in [0.5, 0.6) is 5.75 Å². The minimum atomic E-state index is -0.512. The maximum atomic E-state index is 10.4. The van der Waals surface area contributed by atoms with E-state index in [1.165, 1.54) is 12.8 Å². The highest BCUT2D eigenvalue weighted by Gasteiger charge is 2.46. The van der Waals surface area contributed by atoms with Crippen LogP contribution in [-0.4, -0.2) is 36.7 Å². The Morgan fingerprint density at radius 1 is 1.24 bits per heavy atom. The Balaban J connectivity index is 1.63. The number of nitrogens with zero attached hydrogens (tertiary/aromatic N) is 1. The summed E-state index contributed by atoms with van der Waals surface area (Å²) in [6.07, 6.45) is 4.06. The molecule has 0 aromatic heterocycles. The van der Waals surface area contributed by atoms with Gasteiger partial charge in [-0.25, -0.2) is 0 Å². The summed E-state index contributed by atoms with van der Waals surface area (Å²) in [5.74, 6) is 1.85. The number of rotatable bonds is 4. The number of aliphatic hydroxyl groups is 1. The summed E-state index contributed by atoms with van der Waals surface area (Å²) in [6.45, 7) is 5.61. The van der Waals surface area contributed by atoms with E-state index in [4.69, 9.17) is 15.2 Å². The zero-order chi connectivity index (χ0) is 17.6. The van der Waals surface area contributed by atoms with E-state index >= 15 is 0 Å². The number of benzene rings is 1. The van der Waals surface area contributed by atoms with Crippen molar-refractivity contribution in [3.05, 3.63) is 23.8 Å². The number of anilines is 1. The van der Waals surface area contributed by atoms with E-state index < -0.39 is 6.23 Å². The van der Waals surface area contributed by atoms with E-state index in [1.54, 1.807) is 0 Å². The SMILES string of the molecule is CC(O)N1c2ccc(OC3CCOCC3)cc2[C@H](N)[C@@H](C)[C@@H]1C1CC1. The molecule has 5 nitrogen and oxygen atoms in total. The van der Waals surface area contributed by atoms with Crippen LogP contribution in [0.15, 0.2) is 18.2 Å². The quantitative estimate of drug-likeness (QED) is 0.877. The van der Waals surface area contributed by atoms with Gasteiger partial charge in [0, 0.05) is 30.6 Å². The van der Waals surface area contributed by atoms with Gasteiger partial charge in [0.25, 0.3) is 0 Å². The van der Waals surface area contributed by atoms with Gasteiger partial charge in [-0.3, -0.25) is 0 Å². The van der Waals surface area contributed by atoms with Crippen molar-refractivity contribution in [3.8, 4) is 5.75 Å². The van der Waals surface area contributed by atoms with Crippen LogP contribution in [0.4, 0.5) is 5.69 Å². The lowest BCUT2D eigenvalue weighted by molar-refractivity contribution is 0.0255. The van der Waals surface area contributed by atoms with Crippen LogP contribution in [-0.2, 0) is 4.74 Å². The van der Waals surface area contributed by atoms with Crippen molar-refractivity contribution in [1.82, 2.24) is 0 Å². The highest BCUT2D eigenvalue weighted by Crippen LogP contribution is 2.49. The number of hydrogen-bond acceptors (Lipinski definition) is 5. The number of nitrogens with two attached hydrogens (primary N) is 1. The zero-order valence-electron chi connectivity index (χ0n) is 15.2. The minimum absolute atomic E-state index is 0.0196. The first kappa shape index (κ1) is 17.1. The molecule has 3 aliphatic rings. The molecule has 5 heteroatoms. The van der Waals surface area contributed by atoms with Crippen LogP contribution >= 0.6 is 0 Å². The predicted molar refractivity (Wildman–Crippen MR) is 97.7 cm³/mol. The topological polar surface area (TPSA) is 68.0 Å². The molecule has 1 aromatic rings. The Hall–Kier alpha value is -1.30. The average molecular weight is 346 g/mol. The molecular formula is C20H30N2O3. The molecule has 138 valence electrons. The first-order valence-corrected chi connectivity index (χ1v) is 9.66. The van der Waals surface area contributed by atoms with Crippen LogP contribution < -0.4 is 15.4 Å². The molecule has 2 fully saturated rings. The summed E-state index contributed by atoms with van der Waals surface area (Å²) in [5, 5.41) is 10.4. The number of aliphatic hydroxyl groups excluding tert-OH is 1. The highest BCUT2D eigenvalue weighted by molar-refractivity contribution is 5.61. The van der Waals surface area contributed by atoms with Crippen molar-refractivity contribution < 1.29 is 14.6 Å². The van der Waals surface area contributed by atoms with Gasteiger partial charge in [0.1, 0.15) is 18.1 Å². The van der Waals surface area contributed by atoms with Crippen LogP contribution in [0.1, 0.15) is 51.1 Å². The van der Waals surface area contributed by atoms with E-state index in [9.17, 15) is 5.11 Å². The number of ether oxygens (including phenoxy) is 2. The molecule has 2 heterocycles.